The monoisotopic (exact) mass is 288 g/mol. The first kappa shape index (κ1) is 16.0. The minimum atomic E-state index is 0.123. The maximum Gasteiger partial charge on any atom is 0.0886 e. The summed E-state index contributed by atoms with van der Waals surface area (Å²) in [6.45, 7) is 4.52. The molecule has 1 aromatic carbocycles. The van der Waals surface area contributed by atoms with Gasteiger partial charge in [0.25, 0.3) is 0 Å². The first-order valence-electron chi connectivity index (χ1n) is 8.09. The van der Waals surface area contributed by atoms with Crippen molar-refractivity contribution in [2.75, 3.05) is 0 Å². The fourth-order valence-corrected chi connectivity index (χ4v) is 3.07. The van der Waals surface area contributed by atoms with E-state index in [-0.39, 0.29) is 6.04 Å². The molecule has 0 amide bonds. The Morgan fingerprint density at radius 3 is 2.71 bits per heavy atom. The molecule has 0 aliphatic carbocycles. The minimum Gasteiger partial charge on any atom is -0.271 e. The Bertz CT molecular complexity index is 561. The fraction of sp³-hybridized carbons (Fsp3) is 0.588. The topological polar surface area (TPSA) is 55.9 Å². The Labute approximate surface area is 127 Å². The molecule has 0 aliphatic rings. The number of nitrogens with two attached hydrogens (primary N) is 1. The second-order valence-corrected chi connectivity index (χ2v) is 5.90. The zero-order chi connectivity index (χ0) is 15.2. The van der Waals surface area contributed by atoms with Crippen LogP contribution in [0.1, 0.15) is 57.7 Å². The van der Waals surface area contributed by atoms with Crippen LogP contribution in [0.15, 0.2) is 24.3 Å². The van der Waals surface area contributed by atoms with Crippen LogP contribution in [0.5, 0.6) is 0 Å². The maximum absolute atomic E-state index is 5.84. The third-order valence-electron chi connectivity index (χ3n) is 4.43. The molecule has 3 N–H and O–H groups in total. The van der Waals surface area contributed by atoms with E-state index in [0.717, 1.165) is 17.6 Å². The largest absolute Gasteiger partial charge is 0.271 e. The van der Waals surface area contributed by atoms with Gasteiger partial charge in [-0.2, -0.15) is 5.10 Å². The molecule has 0 aliphatic heterocycles. The van der Waals surface area contributed by atoms with Crippen molar-refractivity contribution in [2.45, 2.75) is 52.0 Å². The van der Waals surface area contributed by atoms with Gasteiger partial charge in [0.1, 0.15) is 0 Å². The number of aryl methyl sites for hydroxylation is 1. The van der Waals surface area contributed by atoms with Gasteiger partial charge >= 0.3 is 0 Å². The molecule has 1 aromatic heterocycles. The highest BCUT2D eigenvalue weighted by molar-refractivity contribution is 5.82. The highest BCUT2D eigenvalue weighted by Gasteiger charge is 2.21. The Morgan fingerprint density at radius 2 is 2.05 bits per heavy atom. The molecule has 0 spiro atoms. The van der Waals surface area contributed by atoms with Crippen LogP contribution in [-0.4, -0.2) is 9.78 Å². The average Bonchev–Trinajstić information content (AvgIpc) is 2.85. The molecular formula is C17H28N4. The molecule has 21 heavy (non-hydrogen) atoms. The Morgan fingerprint density at radius 1 is 1.29 bits per heavy atom. The van der Waals surface area contributed by atoms with Crippen LogP contribution >= 0.6 is 0 Å². The number of aromatic nitrogens is 2. The summed E-state index contributed by atoms with van der Waals surface area (Å²) in [6, 6.07) is 8.48. The molecule has 2 rings (SSSR count). The SMILES string of the molecule is CCCCC(CC)CC(NN)c1nn(C)c2ccccc12. The van der Waals surface area contributed by atoms with Crippen molar-refractivity contribution in [1.82, 2.24) is 15.2 Å². The van der Waals surface area contributed by atoms with E-state index in [1.54, 1.807) is 0 Å². The van der Waals surface area contributed by atoms with Gasteiger partial charge in [-0.05, 0) is 18.4 Å². The quantitative estimate of drug-likeness (QED) is 0.575. The summed E-state index contributed by atoms with van der Waals surface area (Å²) in [4.78, 5) is 0. The molecule has 1 heterocycles. The molecule has 0 saturated carbocycles. The number of rotatable bonds is 8. The van der Waals surface area contributed by atoms with E-state index in [4.69, 9.17) is 10.9 Å². The van der Waals surface area contributed by atoms with E-state index in [0.29, 0.717) is 5.92 Å². The predicted molar refractivity (Wildman–Crippen MR) is 88.7 cm³/mol. The number of fused-ring (bicyclic) bond motifs is 1. The molecule has 4 nitrogen and oxygen atoms in total. The number of nitrogens with zero attached hydrogens (tertiary/aromatic N) is 2. The summed E-state index contributed by atoms with van der Waals surface area (Å²) in [6.07, 6.45) is 6.06. The second-order valence-electron chi connectivity index (χ2n) is 5.90. The van der Waals surface area contributed by atoms with Gasteiger partial charge in [0.05, 0.1) is 17.3 Å². The van der Waals surface area contributed by atoms with Crippen molar-refractivity contribution in [3.8, 4) is 0 Å². The maximum atomic E-state index is 5.84. The van der Waals surface area contributed by atoms with Gasteiger partial charge in [0.2, 0.25) is 0 Å². The van der Waals surface area contributed by atoms with E-state index >= 15 is 0 Å². The Hall–Kier alpha value is -1.39. The van der Waals surface area contributed by atoms with Crippen molar-refractivity contribution >= 4 is 10.9 Å². The number of hydrogen-bond donors (Lipinski definition) is 2. The summed E-state index contributed by atoms with van der Waals surface area (Å²) in [5.41, 5.74) is 5.23. The molecular weight excluding hydrogens is 260 g/mol. The molecule has 0 bridgehead atoms. The van der Waals surface area contributed by atoms with Crippen molar-refractivity contribution in [3.05, 3.63) is 30.0 Å². The summed E-state index contributed by atoms with van der Waals surface area (Å²) in [5.74, 6) is 6.54. The zero-order valence-corrected chi connectivity index (χ0v) is 13.5. The van der Waals surface area contributed by atoms with E-state index in [2.05, 4.69) is 43.5 Å². The molecule has 0 fully saturated rings. The van der Waals surface area contributed by atoms with E-state index < -0.39 is 0 Å². The molecule has 116 valence electrons. The van der Waals surface area contributed by atoms with E-state index in [9.17, 15) is 0 Å². The van der Waals surface area contributed by atoms with Crippen LogP contribution < -0.4 is 11.3 Å². The van der Waals surface area contributed by atoms with Crippen LogP contribution in [0.3, 0.4) is 0 Å². The fourth-order valence-electron chi connectivity index (χ4n) is 3.07. The number of benzene rings is 1. The number of hydrogen-bond acceptors (Lipinski definition) is 3. The third kappa shape index (κ3) is 3.63. The minimum absolute atomic E-state index is 0.123. The zero-order valence-electron chi connectivity index (χ0n) is 13.5. The molecule has 2 aromatic rings. The van der Waals surface area contributed by atoms with Crippen molar-refractivity contribution in [2.24, 2.45) is 18.8 Å². The van der Waals surface area contributed by atoms with Crippen LogP contribution in [0.2, 0.25) is 0 Å². The molecule has 0 saturated heterocycles. The van der Waals surface area contributed by atoms with Crippen LogP contribution in [0.4, 0.5) is 0 Å². The highest BCUT2D eigenvalue weighted by atomic mass is 15.3. The lowest BCUT2D eigenvalue weighted by molar-refractivity contribution is 0.352. The molecule has 2 unspecified atom stereocenters. The summed E-state index contributed by atoms with van der Waals surface area (Å²) in [5, 5.41) is 5.90. The van der Waals surface area contributed by atoms with Gasteiger partial charge in [-0.3, -0.25) is 16.0 Å². The normalized spacial score (nSPS) is 14.5. The number of nitrogens with one attached hydrogen (secondary N) is 1. The van der Waals surface area contributed by atoms with Gasteiger partial charge in [-0.15, -0.1) is 0 Å². The predicted octanol–water partition coefficient (Wildman–Crippen LogP) is 3.68. The van der Waals surface area contributed by atoms with Crippen molar-refractivity contribution < 1.29 is 0 Å². The van der Waals surface area contributed by atoms with Gasteiger partial charge in [0.15, 0.2) is 0 Å². The van der Waals surface area contributed by atoms with Gasteiger partial charge in [-0.1, -0.05) is 57.7 Å². The van der Waals surface area contributed by atoms with Crippen LogP contribution in [0, 0.1) is 5.92 Å². The highest BCUT2D eigenvalue weighted by Crippen LogP contribution is 2.29. The van der Waals surface area contributed by atoms with Gasteiger partial charge in [-0.25, -0.2) is 0 Å². The summed E-state index contributed by atoms with van der Waals surface area (Å²) in [7, 11) is 1.99. The lowest BCUT2D eigenvalue weighted by Gasteiger charge is -2.21. The number of unbranched alkanes of at least 4 members (excludes halogenated alkanes) is 1. The Kier molecular flexibility index (Phi) is 5.76. The average molecular weight is 288 g/mol. The summed E-state index contributed by atoms with van der Waals surface area (Å²) < 4.78 is 1.95. The first-order chi connectivity index (χ1) is 10.2. The standard InChI is InChI=1S/C17H28N4/c1-4-6-9-13(5-2)12-15(19-18)17-14-10-7-8-11-16(14)21(3)20-17/h7-8,10-11,13,15,19H,4-6,9,12,18H2,1-3H3. The lowest BCUT2D eigenvalue weighted by atomic mass is 9.90. The summed E-state index contributed by atoms with van der Waals surface area (Å²) >= 11 is 0. The van der Waals surface area contributed by atoms with E-state index in [1.807, 2.05) is 11.7 Å². The lowest BCUT2D eigenvalue weighted by Crippen LogP contribution is -2.30. The molecule has 4 heteroatoms. The molecule has 0 radical (unpaired) electrons. The Balaban J connectivity index is 2.23. The first-order valence-corrected chi connectivity index (χ1v) is 8.09. The van der Waals surface area contributed by atoms with E-state index in [1.165, 1.54) is 31.1 Å². The molecule has 2 atom stereocenters. The second kappa shape index (κ2) is 7.57. The smallest absolute Gasteiger partial charge is 0.0886 e. The van der Waals surface area contributed by atoms with Crippen molar-refractivity contribution in [3.63, 3.8) is 0 Å². The van der Waals surface area contributed by atoms with Crippen LogP contribution in [0.25, 0.3) is 10.9 Å². The number of hydrazine groups is 1. The van der Waals surface area contributed by atoms with Crippen molar-refractivity contribution in [1.29, 1.82) is 0 Å². The van der Waals surface area contributed by atoms with Crippen LogP contribution in [-0.2, 0) is 7.05 Å². The van der Waals surface area contributed by atoms with Gasteiger partial charge in [0, 0.05) is 12.4 Å². The number of para-hydroxylation sites is 1. The van der Waals surface area contributed by atoms with Gasteiger partial charge < -0.3 is 0 Å². The third-order valence-corrected chi connectivity index (χ3v) is 4.43.